The number of ether oxygens (including phenoxy) is 1. The van der Waals surface area contributed by atoms with Crippen molar-refractivity contribution >= 4 is 0 Å². The average molecular weight is 275 g/mol. The number of hydrogen-bond acceptors (Lipinski definition) is 2. The van der Waals surface area contributed by atoms with Gasteiger partial charge in [-0.2, -0.15) is 0 Å². The summed E-state index contributed by atoms with van der Waals surface area (Å²) in [5, 5.41) is 3.61. The molecule has 0 aromatic heterocycles. The first kappa shape index (κ1) is 15.4. The second kappa shape index (κ2) is 8.31. The average Bonchev–Trinajstić information content (AvgIpc) is 2.46. The monoisotopic (exact) mass is 275 g/mol. The van der Waals surface area contributed by atoms with Crippen LogP contribution >= 0.6 is 0 Å². The molecule has 2 heteroatoms. The third kappa shape index (κ3) is 5.16. The smallest absolute Gasteiger partial charge is 0.119 e. The van der Waals surface area contributed by atoms with Crippen molar-refractivity contribution in [2.75, 3.05) is 13.2 Å². The molecule has 0 spiro atoms. The van der Waals surface area contributed by atoms with Gasteiger partial charge in [-0.25, -0.2) is 0 Å². The van der Waals surface area contributed by atoms with Gasteiger partial charge in [0.15, 0.2) is 0 Å². The van der Waals surface area contributed by atoms with Gasteiger partial charge >= 0.3 is 0 Å². The van der Waals surface area contributed by atoms with Crippen molar-refractivity contribution in [1.82, 2.24) is 5.32 Å². The molecule has 1 aromatic rings. The van der Waals surface area contributed by atoms with Crippen molar-refractivity contribution in [3.63, 3.8) is 0 Å². The zero-order valence-corrected chi connectivity index (χ0v) is 13.0. The van der Waals surface area contributed by atoms with Gasteiger partial charge < -0.3 is 10.1 Å². The van der Waals surface area contributed by atoms with Crippen LogP contribution in [0.2, 0.25) is 0 Å². The van der Waals surface area contributed by atoms with Crippen LogP contribution in [0, 0.1) is 11.8 Å². The summed E-state index contributed by atoms with van der Waals surface area (Å²) < 4.78 is 5.60. The molecule has 1 aliphatic rings. The standard InChI is InChI=1S/C18H29NO/c1-3-11-20-18-9-7-16(8-10-18)13-19-14-17-6-4-5-15(2)12-17/h7-10,15,17,19H,3-6,11-14H2,1-2H3. The molecule has 1 fully saturated rings. The minimum absolute atomic E-state index is 0.803. The summed E-state index contributed by atoms with van der Waals surface area (Å²) in [6.07, 6.45) is 6.70. The molecule has 20 heavy (non-hydrogen) atoms. The maximum Gasteiger partial charge on any atom is 0.119 e. The molecule has 2 nitrogen and oxygen atoms in total. The van der Waals surface area contributed by atoms with Crippen molar-refractivity contribution in [3.8, 4) is 5.75 Å². The molecular formula is C18H29NO. The number of benzene rings is 1. The van der Waals surface area contributed by atoms with Crippen LogP contribution in [0.25, 0.3) is 0 Å². The first-order chi connectivity index (χ1) is 9.78. The minimum Gasteiger partial charge on any atom is -0.494 e. The summed E-state index contributed by atoms with van der Waals surface area (Å²) in [4.78, 5) is 0. The topological polar surface area (TPSA) is 21.3 Å². The summed E-state index contributed by atoms with van der Waals surface area (Å²) in [6.45, 7) is 7.46. The van der Waals surface area contributed by atoms with E-state index in [1.807, 2.05) is 0 Å². The van der Waals surface area contributed by atoms with E-state index >= 15 is 0 Å². The fraction of sp³-hybridized carbons (Fsp3) is 0.667. The molecule has 2 unspecified atom stereocenters. The molecule has 0 aliphatic heterocycles. The second-order valence-corrected chi connectivity index (χ2v) is 6.26. The van der Waals surface area contributed by atoms with E-state index in [0.717, 1.165) is 37.2 Å². The fourth-order valence-corrected chi connectivity index (χ4v) is 3.09. The van der Waals surface area contributed by atoms with Crippen molar-refractivity contribution in [2.45, 2.75) is 52.5 Å². The van der Waals surface area contributed by atoms with E-state index in [4.69, 9.17) is 4.74 Å². The summed E-state index contributed by atoms with van der Waals surface area (Å²) in [6, 6.07) is 8.49. The number of hydrogen-bond donors (Lipinski definition) is 1. The molecule has 0 bridgehead atoms. The van der Waals surface area contributed by atoms with Crippen LogP contribution in [-0.4, -0.2) is 13.2 Å². The van der Waals surface area contributed by atoms with Gasteiger partial charge in [-0.1, -0.05) is 38.8 Å². The van der Waals surface area contributed by atoms with Crippen molar-refractivity contribution < 1.29 is 4.74 Å². The summed E-state index contributed by atoms with van der Waals surface area (Å²) in [5.41, 5.74) is 1.35. The largest absolute Gasteiger partial charge is 0.494 e. The van der Waals surface area contributed by atoms with Crippen molar-refractivity contribution in [3.05, 3.63) is 29.8 Å². The Morgan fingerprint density at radius 3 is 2.70 bits per heavy atom. The molecule has 2 rings (SSSR count). The lowest BCUT2D eigenvalue weighted by Crippen LogP contribution is -2.26. The molecular weight excluding hydrogens is 246 g/mol. The van der Waals surface area contributed by atoms with Crippen LogP contribution in [-0.2, 0) is 6.54 Å². The van der Waals surface area contributed by atoms with Crippen LogP contribution in [0.3, 0.4) is 0 Å². The van der Waals surface area contributed by atoms with Gasteiger partial charge in [-0.15, -0.1) is 0 Å². The van der Waals surface area contributed by atoms with Gasteiger partial charge in [-0.05, 0) is 55.3 Å². The Bertz CT molecular complexity index is 374. The maximum absolute atomic E-state index is 5.60. The molecule has 1 aromatic carbocycles. The van der Waals surface area contributed by atoms with E-state index in [0.29, 0.717) is 0 Å². The first-order valence-corrected chi connectivity index (χ1v) is 8.20. The minimum atomic E-state index is 0.803. The number of nitrogens with one attached hydrogen (secondary N) is 1. The fourth-order valence-electron chi connectivity index (χ4n) is 3.09. The highest BCUT2D eigenvalue weighted by Crippen LogP contribution is 2.27. The molecule has 0 radical (unpaired) electrons. The number of rotatable bonds is 7. The predicted octanol–water partition coefficient (Wildman–Crippen LogP) is 4.39. The van der Waals surface area contributed by atoms with E-state index in [2.05, 4.69) is 43.4 Å². The van der Waals surface area contributed by atoms with Crippen LogP contribution < -0.4 is 10.1 Å². The Morgan fingerprint density at radius 1 is 1.20 bits per heavy atom. The molecule has 0 amide bonds. The lowest BCUT2D eigenvalue weighted by atomic mass is 9.82. The Morgan fingerprint density at radius 2 is 2.00 bits per heavy atom. The van der Waals surface area contributed by atoms with Crippen LogP contribution in [0.5, 0.6) is 5.75 Å². The third-order valence-electron chi connectivity index (χ3n) is 4.20. The van der Waals surface area contributed by atoms with Crippen molar-refractivity contribution in [2.24, 2.45) is 11.8 Å². The first-order valence-electron chi connectivity index (χ1n) is 8.20. The lowest BCUT2D eigenvalue weighted by Gasteiger charge is -2.26. The molecule has 1 aliphatic carbocycles. The Balaban J connectivity index is 1.68. The zero-order valence-electron chi connectivity index (χ0n) is 13.0. The van der Waals surface area contributed by atoms with Crippen LogP contribution in [0.4, 0.5) is 0 Å². The molecule has 0 saturated heterocycles. The van der Waals surface area contributed by atoms with Crippen molar-refractivity contribution in [1.29, 1.82) is 0 Å². The van der Waals surface area contributed by atoms with Gasteiger partial charge in [0, 0.05) is 6.54 Å². The van der Waals surface area contributed by atoms with Crippen LogP contribution in [0.1, 0.15) is 51.5 Å². The summed E-state index contributed by atoms with van der Waals surface area (Å²) >= 11 is 0. The van der Waals surface area contributed by atoms with Gasteiger partial charge in [0.05, 0.1) is 6.61 Å². The van der Waals surface area contributed by atoms with Gasteiger partial charge in [-0.3, -0.25) is 0 Å². The van der Waals surface area contributed by atoms with Crippen LogP contribution in [0.15, 0.2) is 24.3 Å². The van der Waals surface area contributed by atoms with E-state index in [-0.39, 0.29) is 0 Å². The Kier molecular flexibility index (Phi) is 6.38. The Labute approximate surface area is 123 Å². The second-order valence-electron chi connectivity index (χ2n) is 6.26. The van der Waals surface area contributed by atoms with E-state index < -0.39 is 0 Å². The highest BCUT2D eigenvalue weighted by molar-refractivity contribution is 5.27. The molecule has 2 atom stereocenters. The summed E-state index contributed by atoms with van der Waals surface area (Å²) in [7, 11) is 0. The van der Waals surface area contributed by atoms with E-state index in [1.165, 1.54) is 37.8 Å². The molecule has 1 saturated carbocycles. The summed E-state index contributed by atoms with van der Waals surface area (Å²) in [5.74, 6) is 2.79. The highest BCUT2D eigenvalue weighted by Gasteiger charge is 2.18. The predicted molar refractivity (Wildman–Crippen MR) is 85.1 cm³/mol. The Hall–Kier alpha value is -1.02. The van der Waals surface area contributed by atoms with Gasteiger partial charge in [0.1, 0.15) is 5.75 Å². The van der Waals surface area contributed by atoms with E-state index in [1.54, 1.807) is 0 Å². The third-order valence-corrected chi connectivity index (χ3v) is 4.20. The quantitative estimate of drug-likeness (QED) is 0.797. The molecule has 0 heterocycles. The van der Waals surface area contributed by atoms with E-state index in [9.17, 15) is 0 Å². The van der Waals surface area contributed by atoms with Gasteiger partial charge in [0.2, 0.25) is 0 Å². The highest BCUT2D eigenvalue weighted by atomic mass is 16.5. The SMILES string of the molecule is CCCOc1ccc(CNCC2CCCC(C)C2)cc1. The lowest BCUT2D eigenvalue weighted by molar-refractivity contribution is 0.274. The zero-order chi connectivity index (χ0) is 14.2. The maximum atomic E-state index is 5.60. The molecule has 1 N–H and O–H groups in total. The normalized spacial score (nSPS) is 22.7. The van der Waals surface area contributed by atoms with Gasteiger partial charge in [0.25, 0.3) is 0 Å². The molecule has 112 valence electrons.